The van der Waals surface area contributed by atoms with Crippen molar-refractivity contribution in [2.75, 3.05) is 20.2 Å². The number of ether oxygens (including phenoxy) is 1. The standard InChI is InChI=1S/C21H28N2O4S/c1-15-6-10-20(11-7-15)28(25,26)23(5)13-21(24)22-18(4)14-27-19-9-8-16(2)17(3)12-19/h6-12,18H,13-14H2,1-5H3,(H,22,24)/t18-/m1/s1. The van der Waals surface area contributed by atoms with E-state index < -0.39 is 10.0 Å². The van der Waals surface area contributed by atoms with Gasteiger partial charge in [-0.05, 0) is 63.1 Å². The summed E-state index contributed by atoms with van der Waals surface area (Å²) < 4.78 is 31.9. The molecule has 2 aromatic carbocycles. The lowest BCUT2D eigenvalue weighted by atomic mass is 10.1. The molecule has 0 unspecified atom stereocenters. The van der Waals surface area contributed by atoms with Crippen LogP contribution in [0.1, 0.15) is 23.6 Å². The Morgan fingerprint density at radius 2 is 1.71 bits per heavy atom. The van der Waals surface area contributed by atoms with Crippen molar-refractivity contribution in [1.82, 2.24) is 9.62 Å². The third-order valence-electron chi connectivity index (χ3n) is 4.48. The summed E-state index contributed by atoms with van der Waals surface area (Å²) >= 11 is 0. The van der Waals surface area contributed by atoms with Crippen LogP contribution < -0.4 is 10.1 Å². The Morgan fingerprint density at radius 3 is 2.32 bits per heavy atom. The Bertz CT molecular complexity index is 924. The number of nitrogens with zero attached hydrogens (tertiary/aromatic N) is 1. The molecule has 6 nitrogen and oxygen atoms in total. The third kappa shape index (κ3) is 5.81. The lowest BCUT2D eigenvalue weighted by molar-refractivity contribution is -0.121. The minimum absolute atomic E-state index is 0.166. The maximum absolute atomic E-state index is 12.6. The number of benzene rings is 2. The van der Waals surface area contributed by atoms with Crippen molar-refractivity contribution in [3.8, 4) is 5.75 Å². The first-order valence-corrected chi connectivity index (χ1v) is 10.6. The van der Waals surface area contributed by atoms with Gasteiger partial charge in [-0.2, -0.15) is 4.31 Å². The second-order valence-corrected chi connectivity index (χ2v) is 9.14. The van der Waals surface area contributed by atoms with Gasteiger partial charge in [-0.1, -0.05) is 23.8 Å². The first kappa shape index (κ1) is 21.9. The number of nitrogens with one attached hydrogen (secondary N) is 1. The van der Waals surface area contributed by atoms with E-state index in [9.17, 15) is 13.2 Å². The Kier molecular flexibility index (Phi) is 7.21. The molecule has 0 heterocycles. The van der Waals surface area contributed by atoms with Crippen LogP contribution in [-0.2, 0) is 14.8 Å². The Morgan fingerprint density at radius 1 is 1.07 bits per heavy atom. The molecule has 0 bridgehead atoms. The predicted octanol–water partition coefficient (Wildman–Crippen LogP) is 2.82. The maximum atomic E-state index is 12.6. The van der Waals surface area contributed by atoms with Crippen LogP contribution in [0.5, 0.6) is 5.75 Å². The van der Waals surface area contributed by atoms with Gasteiger partial charge in [0, 0.05) is 7.05 Å². The van der Waals surface area contributed by atoms with Crippen molar-refractivity contribution >= 4 is 15.9 Å². The fraction of sp³-hybridized carbons (Fsp3) is 0.381. The number of amides is 1. The van der Waals surface area contributed by atoms with Crippen LogP contribution in [0.4, 0.5) is 0 Å². The van der Waals surface area contributed by atoms with Crippen molar-refractivity contribution in [2.24, 2.45) is 0 Å². The molecule has 2 rings (SSSR count). The Labute approximate surface area is 167 Å². The maximum Gasteiger partial charge on any atom is 0.243 e. The fourth-order valence-electron chi connectivity index (χ4n) is 2.56. The first-order chi connectivity index (χ1) is 13.1. The van der Waals surface area contributed by atoms with Gasteiger partial charge in [-0.3, -0.25) is 4.79 Å². The molecule has 0 aliphatic carbocycles. The summed E-state index contributed by atoms with van der Waals surface area (Å²) in [5.74, 6) is 0.359. The third-order valence-corrected chi connectivity index (χ3v) is 6.30. The highest BCUT2D eigenvalue weighted by Gasteiger charge is 2.23. The zero-order valence-corrected chi connectivity index (χ0v) is 17.8. The highest BCUT2D eigenvalue weighted by Crippen LogP contribution is 2.17. The molecule has 1 amide bonds. The molecule has 0 aromatic heterocycles. The van der Waals surface area contributed by atoms with Gasteiger partial charge in [0.2, 0.25) is 15.9 Å². The number of sulfonamides is 1. The highest BCUT2D eigenvalue weighted by atomic mass is 32.2. The van der Waals surface area contributed by atoms with Crippen molar-refractivity contribution in [2.45, 2.75) is 38.6 Å². The number of hydrogen-bond acceptors (Lipinski definition) is 4. The summed E-state index contributed by atoms with van der Waals surface area (Å²) in [6.07, 6.45) is 0. The van der Waals surface area contributed by atoms with E-state index in [4.69, 9.17) is 4.74 Å². The fourth-order valence-corrected chi connectivity index (χ4v) is 3.69. The van der Waals surface area contributed by atoms with E-state index in [-0.39, 0.29) is 23.4 Å². The van der Waals surface area contributed by atoms with E-state index in [1.54, 1.807) is 24.3 Å². The molecule has 0 radical (unpaired) electrons. The summed E-state index contributed by atoms with van der Waals surface area (Å²) in [6.45, 7) is 7.77. The van der Waals surface area contributed by atoms with Crippen molar-refractivity contribution in [3.63, 3.8) is 0 Å². The number of aryl methyl sites for hydroxylation is 3. The lowest BCUT2D eigenvalue weighted by Gasteiger charge is -2.19. The average Bonchev–Trinajstić information content (AvgIpc) is 2.63. The van der Waals surface area contributed by atoms with E-state index in [0.29, 0.717) is 6.61 Å². The molecule has 0 aliphatic rings. The summed E-state index contributed by atoms with van der Waals surface area (Å²) in [6, 6.07) is 12.1. The second kappa shape index (κ2) is 9.21. The van der Waals surface area contributed by atoms with E-state index in [1.165, 1.54) is 12.6 Å². The minimum atomic E-state index is -3.71. The number of carbonyl (C=O) groups is 1. The van der Waals surface area contributed by atoms with Gasteiger partial charge >= 0.3 is 0 Å². The van der Waals surface area contributed by atoms with Crippen LogP contribution in [0.15, 0.2) is 47.4 Å². The van der Waals surface area contributed by atoms with Gasteiger partial charge in [-0.25, -0.2) is 8.42 Å². The molecule has 2 aromatic rings. The zero-order chi connectivity index (χ0) is 20.9. The normalized spacial score (nSPS) is 12.6. The van der Waals surface area contributed by atoms with Crippen LogP contribution in [0.2, 0.25) is 0 Å². The number of carbonyl (C=O) groups excluding carboxylic acids is 1. The van der Waals surface area contributed by atoms with Gasteiger partial charge in [0.1, 0.15) is 12.4 Å². The highest BCUT2D eigenvalue weighted by molar-refractivity contribution is 7.89. The number of likely N-dealkylation sites (N-methyl/N-ethyl adjacent to an activating group) is 1. The Hall–Kier alpha value is -2.38. The molecule has 1 N–H and O–H groups in total. The van der Waals surface area contributed by atoms with Crippen LogP contribution in [-0.4, -0.2) is 44.9 Å². The van der Waals surface area contributed by atoms with Gasteiger partial charge in [0.05, 0.1) is 17.5 Å². The van der Waals surface area contributed by atoms with Crippen molar-refractivity contribution in [3.05, 3.63) is 59.2 Å². The number of rotatable bonds is 8. The summed E-state index contributed by atoms with van der Waals surface area (Å²) in [4.78, 5) is 12.4. The lowest BCUT2D eigenvalue weighted by Crippen LogP contribution is -2.43. The molecule has 0 aliphatic heterocycles. The summed E-state index contributed by atoms with van der Waals surface area (Å²) in [7, 11) is -2.32. The molecule has 0 spiro atoms. The van der Waals surface area contributed by atoms with Gasteiger partial charge < -0.3 is 10.1 Å². The van der Waals surface area contributed by atoms with Gasteiger partial charge in [-0.15, -0.1) is 0 Å². The van der Waals surface area contributed by atoms with E-state index in [1.807, 2.05) is 45.9 Å². The van der Waals surface area contributed by atoms with Crippen LogP contribution in [0.3, 0.4) is 0 Å². The summed E-state index contributed by atoms with van der Waals surface area (Å²) in [5.41, 5.74) is 3.29. The molecule has 7 heteroatoms. The average molecular weight is 405 g/mol. The van der Waals surface area contributed by atoms with Crippen molar-refractivity contribution < 1.29 is 17.9 Å². The molecule has 0 fully saturated rings. The predicted molar refractivity (Wildman–Crippen MR) is 110 cm³/mol. The van der Waals surface area contributed by atoms with Gasteiger partial charge in [0.15, 0.2) is 0 Å². The minimum Gasteiger partial charge on any atom is -0.491 e. The van der Waals surface area contributed by atoms with Crippen LogP contribution in [0.25, 0.3) is 0 Å². The quantitative estimate of drug-likeness (QED) is 0.734. The van der Waals surface area contributed by atoms with E-state index in [2.05, 4.69) is 5.32 Å². The summed E-state index contributed by atoms with van der Waals surface area (Å²) in [5, 5.41) is 2.77. The molecule has 152 valence electrons. The topological polar surface area (TPSA) is 75.7 Å². The molecule has 1 atom stereocenters. The van der Waals surface area contributed by atoms with Crippen LogP contribution >= 0.6 is 0 Å². The first-order valence-electron chi connectivity index (χ1n) is 9.12. The van der Waals surface area contributed by atoms with E-state index >= 15 is 0 Å². The molecule has 28 heavy (non-hydrogen) atoms. The zero-order valence-electron chi connectivity index (χ0n) is 17.0. The molecular formula is C21H28N2O4S. The van der Waals surface area contributed by atoms with Crippen LogP contribution in [0, 0.1) is 20.8 Å². The van der Waals surface area contributed by atoms with E-state index in [0.717, 1.165) is 21.2 Å². The SMILES string of the molecule is Cc1ccc(S(=O)(=O)N(C)CC(=O)N[C@H](C)COc2ccc(C)c(C)c2)cc1. The second-order valence-electron chi connectivity index (χ2n) is 7.10. The number of hydrogen-bond donors (Lipinski definition) is 1. The van der Waals surface area contributed by atoms with Gasteiger partial charge in [0.25, 0.3) is 0 Å². The Balaban J connectivity index is 1.87. The molecule has 0 saturated heterocycles. The molecular weight excluding hydrogens is 376 g/mol. The van der Waals surface area contributed by atoms with Crippen molar-refractivity contribution in [1.29, 1.82) is 0 Å². The largest absolute Gasteiger partial charge is 0.491 e. The monoisotopic (exact) mass is 404 g/mol. The molecule has 0 saturated carbocycles. The smallest absolute Gasteiger partial charge is 0.243 e.